The summed E-state index contributed by atoms with van der Waals surface area (Å²) in [6, 6.07) is 8.73. The first-order valence-corrected chi connectivity index (χ1v) is 5.79. The molecule has 1 unspecified atom stereocenters. The third-order valence-electron chi connectivity index (χ3n) is 2.76. The molecule has 0 bridgehead atoms. The van der Waals surface area contributed by atoms with E-state index in [0.29, 0.717) is 0 Å². The second kappa shape index (κ2) is 3.86. The van der Waals surface area contributed by atoms with E-state index in [1.807, 2.05) is 0 Å². The van der Waals surface area contributed by atoms with Gasteiger partial charge < -0.3 is 3.11 Å². The van der Waals surface area contributed by atoms with Gasteiger partial charge in [0.15, 0.2) is 0 Å². The Balaban J connectivity index is 2.31. The van der Waals surface area contributed by atoms with Crippen molar-refractivity contribution in [2.24, 2.45) is 5.92 Å². The summed E-state index contributed by atoms with van der Waals surface area (Å²) in [5.41, 5.74) is 2.92. The van der Waals surface area contributed by atoms with Gasteiger partial charge in [-0.15, -0.1) is 0 Å². The molecule has 0 aromatic heterocycles. The molecule has 1 aliphatic rings. The molecule has 0 radical (unpaired) electrons. The average Bonchev–Trinajstić information content (AvgIpc) is 2.18. The minimum Gasteiger partial charge on any atom is -0.314 e. The summed E-state index contributed by atoms with van der Waals surface area (Å²) in [6.45, 7) is 3.48. The van der Waals surface area contributed by atoms with Crippen LogP contribution in [0, 0.1) is 5.92 Å². The van der Waals surface area contributed by atoms with E-state index in [9.17, 15) is 0 Å². The smallest absolute Gasteiger partial charge is 0.0591 e. The quantitative estimate of drug-likeness (QED) is 0.565. The lowest BCUT2D eigenvalue weighted by Crippen LogP contribution is -2.27. The second-order valence-electron chi connectivity index (χ2n) is 3.65. The molecule has 2 heteroatoms. The van der Waals surface area contributed by atoms with Gasteiger partial charge in [0.1, 0.15) is 0 Å². The number of hydrogen-bond donors (Lipinski definition) is 0. The fraction of sp³-hybridized carbons (Fsp3) is 0.455. The standard InChI is InChI=1S/C11H14IN/c1-2-9-7-10-5-3-4-6-11(10)13(12)8-9/h3-6,9H,2,7-8H2,1H3. The van der Waals surface area contributed by atoms with Crippen molar-refractivity contribution in [1.29, 1.82) is 0 Å². The maximum absolute atomic E-state index is 2.42. The zero-order valence-electron chi connectivity index (χ0n) is 7.83. The summed E-state index contributed by atoms with van der Waals surface area (Å²) in [5.74, 6) is 0.840. The number of benzene rings is 1. The summed E-state index contributed by atoms with van der Waals surface area (Å²) < 4.78 is 2.35. The van der Waals surface area contributed by atoms with Gasteiger partial charge in [0.2, 0.25) is 0 Å². The summed E-state index contributed by atoms with van der Waals surface area (Å²) in [7, 11) is 0. The van der Waals surface area contributed by atoms with Crippen molar-refractivity contribution in [3.05, 3.63) is 29.8 Å². The number of anilines is 1. The van der Waals surface area contributed by atoms with Crippen LogP contribution in [-0.4, -0.2) is 6.54 Å². The Hall–Kier alpha value is -0.250. The molecule has 1 aliphatic heterocycles. The predicted octanol–water partition coefficient (Wildman–Crippen LogP) is 3.43. The van der Waals surface area contributed by atoms with Gasteiger partial charge in [-0.2, -0.15) is 0 Å². The van der Waals surface area contributed by atoms with Crippen molar-refractivity contribution in [3.8, 4) is 0 Å². The van der Waals surface area contributed by atoms with E-state index in [1.54, 1.807) is 0 Å². The number of fused-ring (bicyclic) bond motifs is 1. The predicted molar refractivity (Wildman–Crippen MR) is 65.3 cm³/mol. The van der Waals surface area contributed by atoms with E-state index in [1.165, 1.54) is 30.6 Å². The van der Waals surface area contributed by atoms with Crippen LogP contribution in [0.2, 0.25) is 0 Å². The highest BCUT2D eigenvalue weighted by Crippen LogP contribution is 2.32. The molecular formula is C11H14IN. The van der Waals surface area contributed by atoms with E-state index in [4.69, 9.17) is 0 Å². The lowest BCUT2D eigenvalue weighted by Gasteiger charge is -2.31. The molecule has 0 saturated heterocycles. The molecule has 70 valence electrons. The minimum absolute atomic E-state index is 0.840. The highest BCUT2D eigenvalue weighted by molar-refractivity contribution is 14.1. The highest BCUT2D eigenvalue weighted by atomic mass is 127. The summed E-state index contributed by atoms with van der Waals surface area (Å²) >= 11 is 2.42. The summed E-state index contributed by atoms with van der Waals surface area (Å²) in [6.07, 6.45) is 2.54. The summed E-state index contributed by atoms with van der Waals surface area (Å²) in [5, 5.41) is 0. The first-order valence-electron chi connectivity index (χ1n) is 4.82. The van der Waals surface area contributed by atoms with Gasteiger partial charge >= 0.3 is 0 Å². The second-order valence-corrected chi connectivity index (χ2v) is 4.82. The van der Waals surface area contributed by atoms with Crippen LogP contribution in [0.4, 0.5) is 5.69 Å². The van der Waals surface area contributed by atoms with Crippen LogP contribution in [0.15, 0.2) is 24.3 Å². The van der Waals surface area contributed by atoms with Crippen LogP contribution in [0.3, 0.4) is 0 Å². The van der Waals surface area contributed by atoms with E-state index >= 15 is 0 Å². The van der Waals surface area contributed by atoms with Crippen molar-refractivity contribution in [1.82, 2.24) is 0 Å². The van der Waals surface area contributed by atoms with Crippen LogP contribution in [0.5, 0.6) is 0 Å². The Labute approximate surface area is 93.6 Å². The normalized spacial score (nSPS) is 21.4. The number of para-hydroxylation sites is 1. The van der Waals surface area contributed by atoms with E-state index in [2.05, 4.69) is 57.2 Å². The van der Waals surface area contributed by atoms with Crippen molar-refractivity contribution >= 4 is 28.6 Å². The van der Waals surface area contributed by atoms with Crippen LogP contribution in [0.1, 0.15) is 18.9 Å². The first-order chi connectivity index (χ1) is 6.31. The van der Waals surface area contributed by atoms with Gasteiger partial charge in [-0.25, -0.2) is 0 Å². The fourth-order valence-corrected chi connectivity index (χ4v) is 2.92. The van der Waals surface area contributed by atoms with Gasteiger partial charge in [0.05, 0.1) is 22.9 Å². The zero-order valence-corrected chi connectivity index (χ0v) is 9.99. The highest BCUT2D eigenvalue weighted by Gasteiger charge is 2.20. The maximum Gasteiger partial charge on any atom is 0.0591 e. The third kappa shape index (κ3) is 1.82. The van der Waals surface area contributed by atoms with Crippen LogP contribution in [-0.2, 0) is 6.42 Å². The van der Waals surface area contributed by atoms with Gasteiger partial charge in [-0.05, 0) is 24.0 Å². The average molecular weight is 287 g/mol. The van der Waals surface area contributed by atoms with Crippen LogP contribution >= 0.6 is 22.9 Å². The molecule has 1 atom stereocenters. The third-order valence-corrected chi connectivity index (χ3v) is 3.67. The van der Waals surface area contributed by atoms with E-state index < -0.39 is 0 Å². The number of hydrogen-bond acceptors (Lipinski definition) is 1. The van der Waals surface area contributed by atoms with E-state index in [0.717, 1.165) is 5.92 Å². The lowest BCUT2D eigenvalue weighted by atomic mass is 9.92. The number of nitrogens with zero attached hydrogens (tertiary/aromatic N) is 1. The lowest BCUT2D eigenvalue weighted by molar-refractivity contribution is 0.510. The summed E-state index contributed by atoms with van der Waals surface area (Å²) in [4.78, 5) is 0. The van der Waals surface area contributed by atoms with Gasteiger partial charge in [-0.1, -0.05) is 31.5 Å². The van der Waals surface area contributed by atoms with Crippen LogP contribution < -0.4 is 3.11 Å². The largest absolute Gasteiger partial charge is 0.314 e. The zero-order chi connectivity index (χ0) is 9.26. The molecule has 0 fully saturated rings. The first kappa shape index (κ1) is 9.31. The Kier molecular flexibility index (Phi) is 2.77. The molecule has 1 nitrogen and oxygen atoms in total. The number of halogens is 1. The molecule has 1 aromatic rings. The van der Waals surface area contributed by atoms with Gasteiger partial charge in [0.25, 0.3) is 0 Å². The minimum atomic E-state index is 0.840. The number of rotatable bonds is 1. The molecule has 1 heterocycles. The topological polar surface area (TPSA) is 3.24 Å². The molecule has 1 aromatic carbocycles. The van der Waals surface area contributed by atoms with Crippen molar-refractivity contribution in [2.75, 3.05) is 9.66 Å². The molecular weight excluding hydrogens is 273 g/mol. The Morgan fingerprint density at radius 1 is 1.46 bits per heavy atom. The molecule has 2 rings (SSSR count). The Morgan fingerprint density at radius 3 is 3.00 bits per heavy atom. The van der Waals surface area contributed by atoms with Gasteiger partial charge in [0, 0.05) is 12.2 Å². The molecule has 0 N–H and O–H groups in total. The molecule has 0 saturated carbocycles. The van der Waals surface area contributed by atoms with E-state index in [-0.39, 0.29) is 0 Å². The van der Waals surface area contributed by atoms with Crippen molar-refractivity contribution in [2.45, 2.75) is 19.8 Å². The maximum atomic E-state index is 2.42. The Morgan fingerprint density at radius 2 is 2.23 bits per heavy atom. The monoisotopic (exact) mass is 287 g/mol. The molecule has 13 heavy (non-hydrogen) atoms. The fourth-order valence-electron chi connectivity index (χ4n) is 1.89. The Bertz CT molecular complexity index is 298. The van der Waals surface area contributed by atoms with Crippen molar-refractivity contribution < 1.29 is 0 Å². The van der Waals surface area contributed by atoms with Gasteiger partial charge in [-0.3, -0.25) is 0 Å². The SMILES string of the molecule is CCC1Cc2ccccc2N(I)C1. The molecule has 0 aliphatic carbocycles. The van der Waals surface area contributed by atoms with Crippen molar-refractivity contribution in [3.63, 3.8) is 0 Å². The molecule has 0 spiro atoms. The molecule has 0 amide bonds. The van der Waals surface area contributed by atoms with Crippen LogP contribution in [0.25, 0.3) is 0 Å².